The molecule has 122 valence electrons. The number of aromatic nitrogens is 3. The van der Waals surface area contributed by atoms with Gasteiger partial charge in [-0.3, -0.25) is 9.78 Å². The number of pyridine rings is 1. The van der Waals surface area contributed by atoms with E-state index in [9.17, 15) is 9.18 Å². The molecule has 1 amide bonds. The number of hydrogen-bond donors (Lipinski definition) is 1. The van der Waals surface area contributed by atoms with Gasteiger partial charge in [0.2, 0.25) is 11.7 Å². The van der Waals surface area contributed by atoms with Crippen LogP contribution in [0.25, 0.3) is 11.4 Å². The van der Waals surface area contributed by atoms with Crippen molar-refractivity contribution >= 4 is 5.91 Å². The summed E-state index contributed by atoms with van der Waals surface area (Å²) in [6.45, 7) is 0.0323. The summed E-state index contributed by atoms with van der Waals surface area (Å²) in [4.78, 5) is 20.1. The second-order valence-electron chi connectivity index (χ2n) is 4.78. The first-order chi connectivity index (χ1) is 11.7. The van der Waals surface area contributed by atoms with Crippen molar-refractivity contribution in [1.82, 2.24) is 20.4 Å². The average molecular weight is 328 g/mol. The Morgan fingerprint density at radius 2 is 2.08 bits per heavy atom. The second kappa shape index (κ2) is 6.86. The highest BCUT2D eigenvalue weighted by atomic mass is 19.1. The molecule has 2 aromatic heterocycles. The molecule has 24 heavy (non-hydrogen) atoms. The zero-order chi connectivity index (χ0) is 16.9. The summed E-state index contributed by atoms with van der Waals surface area (Å²) in [5.74, 6) is -0.352. The molecule has 7 nitrogen and oxygen atoms in total. The van der Waals surface area contributed by atoms with Gasteiger partial charge in [-0.05, 0) is 30.3 Å². The van der Waals surface area contributed by atoms with Crippen LogP contribution >= 0.6 is 0 Å². The van der Waals surface area contributed by atoms with Gasteiger partial charge in [0.15, 0.2) is 11.6 Å². The Morgan fingerprint density at radius 1 is 1.29 bits per heavy atom. The van der Waals surface area contributed by atoms with Crippen molar-refractivity contribution < 1.29 is 18.4 Å². The number of benzene rings is 1. The van der Waals surface area contributed by atoms with Crippen molar-refractivity contribution in [2.24, 2.45) is 0 Å². The Bertz CT molecular complexity index is 852. The lowest BCUT2D eigenvalue weighted by Crippen LogP contribution is -2.23. The molecule has 0 atom stereocenters. The molecule has 0 unspecified atom stereocenters. The maximum Gasteiger partial charge on any atom is 0.251 e. The lowest BCUT2D eigenvalue weighted by atomic mass is 10.2. The minimum absolute atomic E-state index is 0.0323. The van der Waals surface area contributed by atoms with Gasteiger partial charge in [-0.1, -0.05) is 5.16 Å². The molecule has 0 aliphatic heterocycles. The van der Waals surface area contributed by atoms with E-state index in [2.05, 4.69) is 20.4 Å². The molecule has 3 aromatic rings. The number of carbonyl (C=O) groups is 1. The fourth-order valence-electron chi connectivity index (χ4n) is 2.01. The van der Waals surface area contributed by atoms with E-state index in [0.29, 0.717) is 5.82 Å². The molecule has 0 saturated carbocycles. The smallest absolute Gasteiger partial charge is 0.251 e. The number of methoxy groups -OCH3 is 1. The lowest BCUT2D eigenvalue weighted by Gasteiger charge is -2.05. The molecule has 2 heterocycles. The monoisotopic (exact) mass is 328 g/mol. The van der Waals surface area contributed by atoms with Crippen LogP contribution in [0.3, 0.4) is 0 Å². The molecule has 0 fully saturated rings. The molecule has 0 bridgehead atoms. The van der Waals surface area contributed by atoms with Crippen LogP contribution in [0.2, 0.25) is 0 Å². The minimum atomic E-state index is -0.608. The van der Waals surface area contributed by atoms with Crippen molar-refractivity contribution in [1.29, 1.82) is 0 Å². The van der Waals surface area contributed by atoms with E-state index in [-0.39, 0.29) is 23.7 Å². The predicted molar refractivity (Wildman–Crippen MR) is 81.7 cm³/mol. The van der Waals surface area contributed by atoms with E-state index in [1.54, 1.807) is 24.5 Å². The van der Waals surface area contributed by atoms with Crippen molar-refractivity contribution in [2.75, 3.05) is 7.11 Å². The van der Waals surface area contributed by atoms with Crippen molar-refractivity contribution in [2.45, 2.75) is 6.54 Å². The van der Waals surface area contributed by atoms with Gasteiger partial charge < -0.3 is 14.6 Å². The number of ether oxygens (including phenoxy) is 1. The van der Waals surface area contributed by atoms with Crippen molar-refractivity contribution in [3.8, 4) is 17.1 Å². The van der Waals surface area contributed by atoms with E-state index >= 15 is 0 Å². The topological polar surface area (TPSA) is 90.1 Å². The highest BCUT2D eigenvalue weighted by molar-refractivity contribution is 5.94. The molecule has 1 aromatic carbocycles. The van der Waals surface area contributed by atoms with Crippen LogP contribution in [-0.2, 0) is 6.54 Å². The molecule has 0 radical (unpaired) electrons. The third kappa shape index (κ3) is 3.37. The lowest BCUT2D eigenvalue weighted by molar-refractivity contribution is 0.0945. The number of hydrogen-bond acceptors (Lipinski definition) is 6. The molecule has 0 saturated heterocycles. The molecule has 0 aliphatic carbocycles. The summed E-state index contributed by atoms with van der Waals surface area (Å²) in [6.07, 6.45) is 3.23. The Hall–Kier alpha value is -3.29. The highest BCUT2D eigenvalue weighted by Gasteiger charge is 2.12. The number of nitrogens with one attached hydrogen (secondary N) is 1. The average Bonchev–Trinajstić information content (AvgIpc) is 3.09. The van der Waals surface area contributed by atoms with Gasteiger partial charge in [-0.25, -0.2) is 4.39 Å². The maximum atomic E-state index is 13.6. The molecule has 3 rings (SSSR count). The Labute approximate surface area is 136 Å². The number of amides is 1. The van der Waals surface area contributed by atoms with Gasteiger partial charge in [-0.15, -0.1) is 0 Å². The van der Waals surface area contributed by atoms with Crippen LogP contribution in [-0.4, -0.2) is 28.1 Å². The van der Waals surface area contributed by atoms with Gasteiger partial charge >= 0.3 is 0 Å². The fraction of sp³-hybridized carbons (Fsp3) is 0.125. The normalized spacial score (nSPS) is 10.4. The summed E-state index contributed by atoms with van der Waals surface area (Å²) in [6, 6.07) is 7.44. The fourth-order valence-corrected chi connectivity index (χ4v) is 2.01. The Kier molecular flexibility index (Phi) is 4.46. The van der Waals surface area contributed by atoms with E-state index in [0.717, 1.165) is 11.6 Å². The van der Waals surface area contributed by atoms with E-state index in [4.69, 9.17) is 9.26 Å². The molecule has 8 heteroatoms. The first-order valence-corrected chi connectivity index (χ1v) is 7.02. The molecule has 0 spiro atoms. The minimum Gasteiger partial charge on any atom is -0.494 e. The molecular formula is C16H13FN4O3. The van der Waals surface area contributed by atoms with Crippen molar-refractivity contribution in [3.05, 3.63) is 60.0 Å². The number of carbonyl (C=O) groups excluding carboxylic acids is 1. The van der Waals surface area contributed by atoms with E-state index in [1.807, 2.05) is 0 Å². The van der Waals surface area contributed by atoms with Crippen LogP contribution in [0.1, 0.15) is 16.2 Å². The van der Waals surface area contributed by atoms with Crippen LogP contribution in [0.15, 0.2) is 47.2 Å². The zero-order valence-electron chi connectivity index (χ0n) is 12.7. The SMILES string of the molecule is COc1ccc(C(=O)NCc2nc(-c3ccncc3)no2)cc1F. The third-order valence-corrected chi connectivity index (χ3v) is 3.22. The van der Waals surface area contributed by atoms with Crippen LogP contribution in [0.4, 0.5) is 4.39 Å². The van der Waals surface area contributed by atoms with Crippen LogP contribution in [0, 0.1) is 5.82 Å². The van der Waals surface area contributed by atoms with Crippen LogP contribution in [0.5, 0.6) is 5.75 Å². The maximum absolute atomic E-state index is 13.6. The summed E-state index contributed by atoms with van der Waals surface area (Å²) in [7, 11) is 1.36. The largest absolute Gasteiger partial charge is 0.494 e. The number of rotatable bonds is 5. The Morgan fingerprint density at radius 3 is 2.79 bits per heavy atom. The second-order valence-corrected chi connectivity index (χ2v) is 4.78. The summed E-state index contributed by atoms with van der Waals surface area (Å²) < 4.78 is 23.5. The number of halogens is 1. The predicted octanol–water partition coefficient (Wildman–Crippen LogP) is 2.21. The first-order valence-electron chi connectivity index (χ1n) is 7.02. The summed E-state index contributed by atoms with van der Waals surface area (Å²) >= 11 is 0. The summed E-state index contributed by atoms with van der Waals surface area (Å²) in [5.41, 5.74) is 0.922. The zero-order valence-corrected chi connectivity index (χ0v) is 12.7. The molecule has 0 aliphatic rings. The van der Waals surface area contributed by atoms with Crippen molar-refractivity contribution in [3.63, 3.8) is 0 Å². The Balaban J connectivity index is 1.65. The van der Waals surface area contributed by atoms with Gasteiger partial charge in [0.05, 0.1) is 13.7 Å². The van der Waals surface area contributed by atoms with Gasteiger partial charge in [0, 0.05) is 23.5 Å². The highest BCUT2D eigenvalue weighted by Crippen LogP contribution is 2.18. The van der Waals surface area contributed by atoms with Gasteiger partial charge in [0.1, 0.15) is 0 Å². The summed E-state index contributed by atoms with van der Waals surface area (Å²) in [5, 5.41) is 6.42. The molecular weight excluding hydrogens is 315 g/mol. The standard InChI is InChI=1S/C16H13FN4O3/c1-23-13-3-2-11(8-12(13)17)16(22)19-9-14-20-15(21-24-14)10-4-6-18-7-5-10/h2-8H,9H2,1H3,(H,19,22). The van der Waals surface area contributed by atoms with E-state index in [1.165, 1.54) is 19.2 Å². The van der Waals surface area contributed by atoms with Gasteiger partial charge in [0.25, 0.3) is 5.91 Å². The quantitative estimate of drug-likeness (QED) is 0.772. The van der Waals surface area contributed by atoms with Gasteiger partial charge in [-0.2, -0.15) is 4.98 Å². The van der Waals surface area contributed by atoms with Crippen LogP contribution < -0.4 is 10.1 Å². The first kappa shape index (κ1) is 15.6. The number of nitrogens with zero attached hydrogens (tertiary/aromatic N) is 3. The van der Waals surface area contributed by atoms with E-state index < -0.39 is 11.7 Å². The third-order valence-electron chi connectivity index (χ3n) is 3.22. The molecule has 1 N–H and O–H groups in total.